The molecule has 1 saturated heterocycles. The minimum atomic E-state index is -2.81. The average Bonchev–Trinajstić information content (AvgIpc) is 3.07. The zero-order chi connectivity index (χ0) is 14.8. The third-order valence-corrected chi connectivity index (χ3v) is 5.44. The molecule has 0 bridgehead atoms. The lowest BCUT2D eigenvalue weighted by atomic mass is 10.1. The van der Waals surface area contributed by atoms with Crippen LogP contribution < -0.4 is 5.32 Å². The number of guanidine groups is 1. The average molecular weight is 427 g/mol. The van der Waals surface area contributed by atoms with Gasteiger partial charge in [0.05, 0.1) is 11.5 Å². The second-order valence-electron chi connectivity index (χ2n) is 6.17. The van der Waals surface area contributed by atoms with Crippen LogP contribution in [-0.4, -0.2) is 57.0 Å². The number of likely N-dealkylation sites (N-methyl/N-ethyl adjacent to an activating group) is 1. The second-order valence-corrected chi connectivity index (χ2v) is 8.39. The van der Waals surface area contributed by atoms with E-state index in [1.54, 1.807) is 0 Å². The van der Waals surface area contributed by atoms with Crippen molar-refractivity contribution in [3.63, 3.8) is 0 Å². The van der Waals surface area contributed by atoms with Crippen molar-refractivity contribution in [3.05, 3.63) is 12.2 Å². The van der Waals surface area contributed by atoms with Gasteiger partial charge < -0.3 is 10.2 Å². The molecule has 0 aromatic rings. The standard InChI is InChI=1S/C14H25N3O2S.HI/c1-11(2)9-17(3)14(16-13-4-5-13)15-8-12-6-7-20(18,19)10-12;/h12-13H,1,4-10H2,2-3H3,(H,15,16);1H. The zero-order valence-corrected chi connectivity index (χ0v) is 16.0. The summed E-state index contributed by atoms with van der Waals surface area (Å²) in [6.45, 7) is 7.28. The maximum Gasteiger partial charge on any atom is 0.194 e. The van der Waals surface area contributed by atoms with E-state index in [2.05, 4.69) is 21.8 Å². The third kappa shape index (κ3) is 6.54. The monoisotopic (exact) mass is 427 g/mol. The van der Waals surface area contributed by atoms with Crippen molar-refractivity contribution < 1.29 is 8.42 Å². The van der Waals surface area contributed by atoms with Crippen LogP contribution in [0.1, 0.15) is 26.2 Å². The van der Waals surface area contributed by atoms with E-state index in [1.165, 1.54) is 12.8 Å². The Bertz CT molecular complexity index is 500. The molecule has 122 valence electrons. The highest BCUT2D eigenvalue weighted by Gasteiger charge is 2.28. The number of nitrogens with zero attached hydrogens (tertiary/aromatic N) is 2. The molecule has 0 aromatic carbocycles. The van der Waals surface area contributed by atoms with Crippen LogP contribution in [0.4, 0.5) is 0 Å². The van der Waals surface area contributed by atoms with E-state index in [4.69, 9.17) is 0 Å². The summed E-state index contributed by atoms with van der Waals surface area (Å²) in [6.07, 6.45) is 3.13. The molecule has 1 unspecified atom stereocenters. The molecule has 2 rings (SSSR count). The van der Waals surface area contributed by atoms with Crippen LogP contribution in [-0.2, 0) is 9.84 Å². The number of halogens is 1. The molecule has 0 spiro atoms. The van der Waals surface area contributed by atoms with Gasteiger partial charge >= 0.3 is 0 Å². The summed E-state index contributed by atoms with van der Waals surface area (Å²) in [6, 6.07) is 0.536. The van der Waals surface area contributed by atoms with Crippen molar-refractivity contribution in [1.29, 1.82) is 0 Å². The normalized spacial score (nSPS) is 24.3. The van der Waals surface area contributed by atoms with E-state index in [1.807, 2.05) is 14.0 Å². The molecule has 21 heavy (non-hydrogen) atoms. The van der Waals surface area contributed by atoms with Crippen LogP contribution in [0.3, 0.4) is 0 Å². The molecule has 0 radical (unpaired) electrons. The van der Waals surface area contributed by atoms with E-state index >= 15 is 0 Å². The highest BCUT2D eigenvalue weighted by molar-refractivity contribution is 14.0. The number of nitrogens with one attached hydrogen (secondary N) is 1. The molecular formula is C14H26IN3O2S. The van der Waals surface area contributed by atoms with Gasteiger partial charge in [-0.25, -0.2) is 8.42 Å². The van der Waals surface area contributed by atoms with Gasteiger partial charge in [0.1, 0.15) is 0 Å². The lowest BCUT2D eigenvalue weighted by Gasteiger charge is -2.23. The molecule has 2 fully saturated rings. The first kappa shape index (κ1) is 18.7. The lowest BCUT2D eigenvalue weighted by molar-refractivity contribution is 0.509. The Kier molecular flexibility index (Phi) is 6.96. The Morgan fingerprint density at radius 3 is 2.52 bits per heavy atom. The molecule has 1 heterocycles. The molecule has 1 saturated carbocycles. The van der Waals surface area contributed by atoms with Crippen LogP contribution in [0, 0.1) is 5.92 Å². The number of hydrogen-bond acceptors (Lipinski definition) is 3. The minimum absolute atomic E-state index is 0. The van der Waals surface area contributed by atoms with E-state index in [9.17, 15) is 8.42 Å². The van der Waals surface area contributed by atoms with Crippen LogP contribution in [0.2, 0.25) is 0 Å². The van der Waals surface area contributed by atoms with Crippen molar-refractivity contribution in [2.24, 2.45) is 10.9 Å². The van der Waals surface area contributed by atoms with Gasteiger partial charge in [0.15, 0.2) is 15.8 Å². The van der Waals surface area contributed by atoms with Gasteiger partial charge in [0.2, 0.25) is 0 Å². The Morgan fingerprint density at radius 1 is 1.38 bits per heavy atom. The maximum atomic E-state index is 11.5. The summed E-state index contributed by atoms with van der Waals surface area (Å²) in [5, 5.41) is 3.43. The van der Waals surface area contributed by atoms with Gasteiger partial charge in [-0.05, 0) is 32.1 Å². The van der Waals surface area contributed by atoms with Gasteiger partial charge in [-0.1, -0.05) is 12.2 Å². The fraction of sp³-hybridized carbons (Fsp3) is 0.786. The number of rotatable bonds is 5. The SMILES string of the molecule is C=C(C)CN(C)C(=NCC1CCS(=O)(=O)C1)NC1CC1.I. The Hall–Kier alpha value is -0.310. The summed E-state index contributed by atoms with van der Waals surface area (Å²) in [4.78, 5) is 6.69. The van der Waals surface area contributed by atoms with Crippen LogP contribution in [0.25, 0.3) is 0 Å². The van der Waals surface area contributed by atoms with E-state index in [0.29, 0.717) is 18.3 Å². The molecule has 1 N–H and O–H groups in total. The highest BCUT2D eigenvalue weighted by Crippen LogP contribution is 2.20. The minimum Gasteiger partial charge on any atom is -0.354 e. The van der Waals surface area contributed by atoms with Crippen LogP contribution in [0.15, 0.2) is 17.1 Å². The molecule has 7 heteroatoms. The van der Waals surface area contributed by atoms with E-state index < -0.39 is 9.84 Å². The van der Waals surface area contributed by atoms with Gasteiger partial charge in [0.25, 0.3) is 0 Å². The zero-order valence-electron chi connectivity index (χ0n) is 12.8. The molecule has 1 aliphatic heterocycles. The molecule has 1 atom stereocenters. The Balaban J connectivity index is 0.00000220. The van der Waals surface area contributed by atoms with Crippen molar-refractivity contribution in [2.45, 2.75) is 32.2 Å². The summed E-state index contributed by atoms with van der Waals surface area (Å²) >= 11 is 0. The summed E-state index contributed by atoms with van der Waals surface area (Å²) in [7, 11) is -0.816. The topological polar surface area (TPSA) is 61.8 Å². The second kappa shape index (κ2) is 7.80. The predicted octanol–water partition coefficient (Wildman–Crippen LogP) is 1.65. The Labute approximate surface area is 145 Å². The molecule has 2 aliphatic rings. The first-order chi connectivity index (χ1) is 9.35. The quantitative estimate of drug-likeness (QED) is 0.314. The summed E-state index contributed by atoms with van der Waals surface area (Å²) in [5.74, 6) is 1.66. The van der Waals surface area contributed by atoms with E-state index in [-0.39, 0.29) is 35.6 Å². The lowest BCUT2D eigenvalue weighted by Crippen LogP contribution is -2.41. The van der Waals surface area contributed by atoms with Crippen LogP contribution >= 0.6 is 24.0 Å². The number of sulfone groups is 1. The first-order valence-electron chi connectivity index (χ1n) is 7.22. The fourth-order valence-electron chi connectivity index (χ4n) is 2.40. The van der Waals surface area contributed by atoms with Crippen LogP contribution in [0.5, 0.6) is 0 Å². The molecule has 0 amide bonds. The fourth-order valence-corrected chi connectivity index (χ4v) is 4.25. The molecule has 1 aliphatic carbocycles. The predicted molar refractivity (Wildman–Crippen MR) is 98.1 cm³/mol. The maximum absolute atomic E-state index is 11.5. The third-order valence-electron chi connectivity index (χ3n) is 3.61. The van der Waals surface area contributed by atoms with Crippen molar-refractivity contribution >= 4 is 39.8 Å². The van der Waals surface area contributed by atoms with Gasteiger partial charge in [-0.15, -0.1) is 24.0 Å². The smallest absolute Gasteiger partial charge is 0.194 e. The summed E-state index contributed by atoms with van der Waals surface area (Å²) < 4.78 is 22.9. The largest absolute Gasteiger partial charge is 0.354 e. The summed E-state index contributed by atoms with van der Waals surface area (Å²) in [5.41, 5.74) is 1.08. The van der Waals surface area contributed by atoms with Gasteiger partial charge in [-0.2, -0.15) is 0 Å². The van der Waals surface area contributed by atoms with Crippen molar-refractivity contribution in [1.82, 2.24) is 10.2 Å². The highest BCUT2D eigenvalue weighted by atomic mass is 127. The van der Waals surface area contributed by atoms with E-state index in [0.717, 1.165) is 24.5 Å². The molecular weight excluding hydrogens is 401 g/mol. The van der Waals surface area contributed by atoms with Gasteiger partial charge in [-0.3, -0.25) is 4.99 Å². The van der Waals surface area contributed by atoms with Crippen molar-refractivity contribution in [3.8, 4) is 0 Å². The first-order valence-corrected chi connectivity index (χ1v) is 9.05. The molecule has 5 nitrogen and oxygen atoms in total. The molecule has 0 aromatic heterocycles. The van der Waals surface area contributed by atoms with Gasteiger partial charge in [0, 0.05) is 26.2 Å². The number of hydrogen-bond donors (Lipinski definition) is 1. The Morgan fingerprint density at radius 2 is 2.05 bits per heavy atom. The van der Waals surface area contributed by atoms with Crippen molar-refractivity contribution in [2.75, 3.05) is 31.6 Å². The number of aliphatic imine (C=N–C) groups is 1.